The standard InChI is InChI=1S/C17H23N3S/c18-9-8-15-13-21-17(19-15)16-7-3-2-6-14(16)12-20-10-4-1-5-11-20/h2-3,6-7,13H,1,4-5,8-12,18H2. The van der Waals surface area contributed by atoms with Crippen LogP contribution >= 0.6 is 11.3 Å². The zero-order chi connectivity index (χ0) is 14.5. The molecule has 1 aromatic carbocycles. The van der Waals surface area contributed by atoms with Gasteiger partial charge in [0.05, 0.1) is 5.69 Å². The van der Waals surface area contributed by atoms with Gasteiger partial charge in [0.25, 0.3) is 0 Å². The van der Waals surface area contributed by atoms with Gasteiger partial charge in [-0.05, 0) is 38.0 Å². The second-order valence-electron chi connectivity index (χ2n) is 5.68. The summed E-state index contributed by atoms with van der Waals surface area (Å²) >= 11 is 1.73. The van der Waals surface area contributed by atoms with Crippen LogP contribution in [0.15, 0.2) is 29.6 Å². The van der Waals surface area contributed by atoms with E-state index in [2.05, 4.69) is 34.5 Å². The molecule has 0 radical (unpaired) electrons. The van der Waals surface area contributed by atoms with Gasteiger partial charge in [-0.3, -0.25) is 4.90 Å². The minimum atomic E-state index is 0.665. The number of likely N-dealkylation sites (tertiary alicyclic amines) is 1. The molecule has 2 heterocycles. The molecule has 0 bridgehead atoms. The van der Waals surface area contributed by atoms with Crippen LogP contribution < -0.4 is 5.73 Å². The summed E-state index contributed by atoms with van der Waals surface area (Å²) < 4.78 is 0. The molecule has 21 heavy (non-hydrogen) atoms. The first-order valence-electron chi connectivity index (χ1n) is 7.82. The summed E-state index contributed by atoms with van der Waals surface area (Å²) in [6.45, 7) is 4.16. The molecule has 0 unspecified atom stereocenters. The van der Waals surface area contributed by atoms with E-state index >= 15 is 0 Å². The van der Waals surface area contributed by atoms with Gasteiger partial charge < -0.3 is 5.73 Å². The normalized spacial score (nSPS) is 16.2. The Morgan fingerprint density at radius 3 is 2.76 bits per heavy atom. The molecular weight excluding hydrogens is 278 g/mol. The van der Waals surface area contributed by atoms with Crippen LogP contribution in [-0.4, -0.2) is 29.5 Å². The van der Waals surface area contributed by atoms with Crippen molar-refractivity contribution in [2.45, 2.75) is 32.2 Å². The first-order chi connectivity index (χ1) is 10.4. The summed E-state index contributed by atoms with van der Waals surface area (Å²) in [5.41, 5.74) is 9.42. The van der Waals surface area contributed by atoms with Gasteiger partial charge in [0.1, 0.15) is 5.01 Å². The molecular formula is C17H23N3S. The van der Waals surface area contributed by atoms with E-state index < -0.39 is 0 Å². The molecule has 112 valence electrons. The quantitative estimate of drug-likeness (QED) is 0.921. The van der Waals surface area contributed by atoms with E-state index in [1.165, 1.54) is 43.5 Å². The largest absolute Gasteiger partial charge is 0.330 e. The Morgan fingerprint density at radius 2 is 1.95 bits per heavy atom. The van der Waals surface area contributed by atoms with Crippen molar-refractivity contribution in [1.29, 1.82) is 0 Å². The number of nitrogens with two attached hydrogens (primary N) is 1. The fourth-order valence-corrected chi connectivity index (χ4v) is 3.83. The minimum Gasteiger partial charge on any atom is -0.330 e. The first-order valence-corrected chi connectivity index (χ1v) is 8.70. The van der Waals surface area contributed by atoms with Gasteiger partial charge in [-0.1, -0.05) is 30.7 Å². The van der Waals surface area contributed by atoms with Crippen molar-refractivity contribution < 1.29 is 0 Å². The maximum atomic E-state index is 5.62. The van der Waals surface area contributed by atoms with E-state index in [1.807, 2.05) is 0 Å². The molecule has 1 fully saturated rings. The highest BCUT2D eigenvalue weighted by molar-refractivity contribution is 7.13. The molecule has 0 spiro atoms. The van der Waals surface area contributed by atoms with Gasteiger partial charge >= 0.3 is 0 Å². The van der Waals surface area contributed by atoms with Crippen molar-refractivity contribution in [2.75, 3.05) is 19.6 Å². The second kappa shape index (κ2) is 7.16. The van der Waals surface area contributed by atoms with Gasteiger partial charge in [-0.15, -0.1) is 11.3 Å². The fraction of sp³-hybridized carbons (Fsp3) is 0.471. The zero-order valence-corrected chi connectivity index (χ0v) is 13.2. The maximum Gasteiger partial charge on any atom is 0.123 e. The number of piperidine rings is 1. The van der Waals surface area contributed by atoms with E-state index in [9.17, 15) is 0 Å². The Morgan fingerprint density at radius 1 is 1.14 bits per heavy atom. The lowest BCUT2D eigenvalue weighted by atomic mass is 10.1. The molecule has 3 rings (SSSR count). The molecule has 1 saturated heterocycles. The third kappa shape index (κ3) is 3.70. The summed E-state index contributed by atoms with van der Waals surface area (Å²) in [6.07, 6.45) is 4.91. The molecule has 0 aliphatic carbocycles. The van der Waals surface area contributed by atoms with Crippen LogP contribution in [0.3, 0.4) is 0 Å². The second-order valence-corrected chi connectivity index (χ2v) is 6.53. The van der Waals surface area contributed by atoms with Crippen molar-refractivity contribution in [3.8, 4) is 10.6 Å². The lowest BCUT2D eigenvalue weighted by molar-refractivity contribution is 0.221. The molecule has 1 aromatic heterocycles. The highest BCUT2D eigenvalue weighted by Gasteiger charge is 2.14. The molecule has 0 amide bonds. The van der Waals surface area contributed by atoms with Gasteiger partial charge in [-0.25, -0.2) is 4.98 Å². The predicted molar refractivity (Wildman–Crippen MR) is 89.4 cm³/mol. The molecule has 1 aliphatic heterocycles. The predicted octanol–water partition coefficient (Wildman–Crippen LogP) is 3.30. The molecule has 0 saturated carbocycles. The molecule has 1 aliphatic rings. The highest BCUT2D eigenvalue weighted by atomic mass is 32.1. The van der Waals surface area contributed by atoms with Gasteiger partial charge in [-0.2, -0.15) is 0 Å². The third-order valence-corrected chi connectivity index (χ3v) is 4.97. The third-order valence-electron chi connectivity index (χ3n) is 4.04. The summed E-state index contributed by atoms with van der Waals surface area (Å²) in [4.78, 5) is 7.31. The Bertz CT molecular complexity index is 573. The number of hydrogen-bond donors (Lipinski definition) is 1. The smallest absolute Gasteiger partial charge is 0.123 e. The number of nitrogens with zero attached hydrogens (tertiary/aromatic N) is 2. The van der Waals surface area contributed by atoms with Crippen LogP contribution in [0.1, 0.15) is 30.5 Å². The topological polar surface area (TPSA) is 42.1 Å². The monoisotopic (exact) mass is 301 g/mol. The van der Waals surface area contributed by atoms with Gasteiger partial charge in [0.15, 0.2) is 0 Å². The minimum absolute atomic E-state index is 0.665. The fourth-order valence-electron chi connectivity index (χ4n) is 2.92. The number of thiazole rings is 1. The summed E-state index contributed by atoms with van der Waals surface area (Å²) in [5.74, 6) is 0. The average molecular weight is 301 g/mol. The van der Waals surface area contributed by atoms with Crippen molar-refractivity contribution >= 4 is 11.3 Å². The first kappa shape index (κ1) is 14.7. The maximum absolute atomic E-state index is 5.62. The van der Waals surface area contributed by atoms with Crippen molar-refractivity contribution in [3.63, 3.8) is 0 Å². The molecule has 3 nitrogen and oxygen atoms in total. The average Bonchev–Trinajstić information content (AvgIpc) is 2.98. The van der Waals surface area contributed by atoms with Gasteiger partial charge in [0.2, 0.25) is 0 Å². The lowest BCUT2D eigenvalue weighted by Crippen LogP contribution is -2.29. The van der Waals surface area contributed by atoms with E-state index in [1.54, 1.807) is 11.3 Å². The zero-order valence-electron chi connectivity index (χ0n) is 12.4. The summed E-state index contributed by atoms with van der Waals surface area (Å²) in [7, 11) is 0. The van der Waals surface area contributed by atoms with E-state index in [0.29, 0.717) is 6.54 Å². The Balaban J connectivity index is 1.80. The Labute approximate surface area is 130 Å². The summed E-state index contributed by atoms with van der Waals surface area (Å²) in [6, 6.07) is 8.69. The molecule has 2 aromatic rings. The van der Waals surface area contributed by atoms with Crippen molar-refractivity contribution in [2.24, 2.45) is 5.73 Å². The molecule has 4 heteroatoms. The Kier molecular flexibility index (Phi) is 5.01. The van der Waals surface area contributed by atoms with E-state index in [4.69, 9.17) is 10.7 Å². The number of hydrogen-bond acceptors (Lipinski definition) is 4. The van der Waals surface area contributed by atoms with Crippen LogP contribution in [0.2, 0.25) is 0 Å². The number of benzene rings is 1. The van der Waals surface area contributed by atoms with Crippen molar-refractivity contribution in [1.82, 2.24) is 9.88 Å². The van der Waals surface area contributed by atoms with Crippen LogP contribution in [-0.2, 0) is 13.0 Å². The van der Waals surface area contributed by atoms with Crippen LogP contribution in [0, 0.1) is 0 Å². The van der Waals surface area contributed by atoms with Crippen molar-refractivity contribution in [3.05, 3.63) is 40.9 Å². The SMILES string of the molecule is NCCc1csc(-c2ccccc2CN2CCCCC2)n1. The highest BCUT2D eigenvalue weighted by Crippen LogP contribution is 2.28. The Hall–Kier alpha value is -1.23. The number of rotatable bonds is 5. The van der Waals surface area contributed by atoms with E-state index in [0.717, 1.165) is 23.7 Å². The van der Waals surface area contributed by atoms with Gasteiger partial charge in [0, 0.05) is 23.9 Å². The van der Waals surface area contributed by atoms with Crippen LogP contribution in [0.5, 0.6) is 0 Å². The lowest BCUT2D eigenvalue weighted by Gasteiger charge is -2.27. The molecule has 2 N–H and O–H groups in total. The summed E-state index contributed by atoms with van der Waals surface area (Å²) in [5, 5.41) is 3.27. The number of aromatic nitrogens is 1. The van der Waals surface area contributed by atoms with Crippen LogP contribution in [0.25, 0.3) is 10.6 Å². The van der Waals surface area contributed by atoms with E-state index in [-0.39, 0.29) is 0 Å². The van der Waals surface area contributed by atoms with Crippen LogP contribution in [0.4, 0.5) is 0 Å². The molecule has 0 atom stereocenters.